The fourth-order valence-corrected chi connectivity index (χ4v) is 3.54. The van der Waals surface area contributed by atoms with E-state index >= 15 is 0 Å². The predicted molar refractivity (Wildman–Crippen MR) is 79.0 cm³/mol. The Hall–Kier alpha value is -1.90. The van der Waals surface area contributed by atoms with Gasteiger partial charge in [-0.1, -0.05) is 30.3 Å². The SMILES string of the molecule is Cn1cnc(N)c1S(=O)(=O)NC(CO)Cc1ccccc1. The van der Waals surface area contributed by atoms with Crippen molar-refractivity contribution in [1.82, 2.24) is 14.3 Å². The minimum atomic E-state index is -3.84. The van der Waals surface area contributed by atoms with Crippen LogP contribution < -0.4 is 10.5 Å². The summed E-state index contributed by atoms with van der Waals surface area (Å²) in [5.74, 6) is -0.0681. The Bertz CT molecular complexity index is 678. The second-order valence-electron chi connectivity index (χ2n) is 4.74. The van der Waals surface area contributed by atoms with E-state index in [0.717, 1.165) is 5.56 Å². The van der Waals surface area contributed by atoms with Gasteiger partial charge < -0.3 is 15.4 Å². The first-order valence-electron chi connectivity index (χ1n) is 6.38. The third-order valence-electron chi connectivity index (χ3n) is 3.03. The van der Waals surface area contributed by atoms with Crippen molar-refractivity contribution >= 4 is 15.8 Å². The van der Waals surface area contributed by atoms with Gasteiger partial charge in [0, 0.05) is 13.1 Å². The third-order valence-corrected chi connectivity index (χ3v) is 4.68. The molecular weight excluding hydrogens is 292 g/mol. The monoisotopic (exact) mass is 310 g/mol. The molecule has 0 bridgehead atoms. The summed E-state index contributed by atoms with van der Waals surface area (Å²) in [6, 6.07) is 8.70. The van der Waals surface area contributed by atoms with E-state index in [2.05, 4.69) is 9.71 Å². The predicted octanol–water partition coefficient (Wildman–Crippen LogP) is -0.116. The number of aryl methyl sites for hydroxylation is 1. The van der Waals surface area contributed by atoms with Crippen LogP contribution in [0.15, 0.2) is 41.7 Å². The Kier molecular flexibility index (Phi) is 4.61. The molecular formula is C13H18N4O3S. The summed E-state index contributed by atoms with van der Waals surface area (Å²) in [5, 5.41) is 9.30. The van der Waals surface area contributed by atoms with Gasteiger partial charge in [-0.3, -0.25) is 0 Å². The van der Waals surface area contributed by atoms with E-state index in [4.69, 9.17) is 5.73 Å². The van der Waals surface area contributed by atoms with Crippen LogP contribution in [0.3, 0.4) is 0 Å². The van der Waals surface area contributed by atoms with Crippen molar-refractivity contribution in [2.75, 3.05) is 12.3 Å². The van der Waals surface area contributed by atoms with E-state index in [9.17, 15) is 13.5 Å². The zero-order valence-corrected chi connectivity index (χ0v) is 12.4. The number of aliphatic hydroxyl groups excluding tert-OH is 1. The number of nitrogens with zero attached hydrogens (tertiary/aromatic N) is 2. The molecule has 7 nitrogen and oxygen atoms in total. The Morgan fingerprint density at radius 1 is 1.38 bits per heavy atom. The Morgan fingerprint density at radius 3 is 2.57 bits per heavy atom. The largest absolute Gasteiger partial charge is 0.395 e. The van der Waals surface area contributed by atoms with Gasteiger partial charge in [0.05, 0.1) is 12.9 Å². The molecule has 1 aromatic heterocycles. The molecule has 1 aromatic carbocycles. The minimum Gasteiger partial charge on any atom is -0.395 e. The smallest absolute Gasteiger partial charge is 0.260 e. The summed E-state index contributed by atoms with van der Waals surface area (Å²) >= 11 is 0. The van der Waals surface area contributed by atoms with Gasteiger partial charge in [0.15, 0.2) is 10.8 Å². The molecule has 1 atom stereocenters. The van der Waals surface area contributed by atoms with Crippen molar-refractivity contribution in [3.63, 3.8) is 0 Å². The lowest BCUT2D eigenvalue weighted by Gasteiger charge is -2.17. The maximum atomic E-state index is 12.3. The second-order valence-corrected chi connectivity index (χ2v) is 6.37. The van der Waals surface area contributed by atoms with Gasteiger partial charge in [0.25, 0.3) is 10.0 Å². The zero-order chi connectivity index (χ0) is 15.5. The molecule has 0 aliphatic carbocycles. The number of anilines is 1. The first kappa shape index (κ1) is 15.5. The molecule has 2 rings (SSSR count). The van der Waals surface area contributed by atoms with Crippen LogP contribution in [0.1, 0.15) is 5.56 Å². The number of hydrogen-bond acceptors (Lipinski definition) is 5. The second kappa shape index (κ2) is 6.25. The van der Waals surface area contributed by atoms with Crippen LogP contribution in [0.5, 0.6) is 0 Å². The van der Waals surface area contributed by atoms with Gasteiger partial charge in [-0.25, -0.2) is 18.1 Å². The summed E-state index contributed by atoms with van der Waals surface area (Å²) in [6.45, 7) is -0.314. The van der Waals surface area contributed by atoms with E-state index in [-0.39, 0.29) is 17.5 Å². The van der Waals surface area contributed by atoms with Crippen molar-refractivity contribution in [3.8, 4) is 0 Å². The molecule has 4 N–H and O–H groups in total. The molecule has 0 radical (unpaired) electrons. The number of nitrogens with one attached hydrogen (secondary N) is 1. The Balaban J connectivity index is 2.18. The van der Waals surface area contributed by atoms with Crippen molar-refractivity contribution < 1.29 is 13.5 Å². The summed E-state index contributed by atoms with van der Waals surface area (Å²) in [7, 11) is -2.30. The lowest BCUT2D eigenvalue weighted by molar-refractivity contribution is 0.256. The average molecular weight is 310 g/mol. The molecule has 114 valence electrons. The first-order valence-corrected chi connectivity index (χ1v) is 7.86. The molecule has 0 saturated heterocycles. The minimum absolute atomic E-state index is 0.0681. The van der Waals surface area contributed by atoms with Gasteiger partial charge in [-0.05, 0) is 12.0 Å². The van der Waals surface area contributed by atoms with Crippen LogP contribution in [0.2, 0.25) is 0 Å². The highest BCUT2D eigenvalue weighted by molar-refractivity contribution is 7.89. The molecule has 1 heterocycles. The lowest BCUT2D eigenvalue weighted by Crippen LogP contribution is -2.39. The lowest BCUT2D eigenvalue weighted by atomic mass is 10.1. The normalized spacial score (nSPS) is 13.2. The van der Waals surface area contributed by atoms with Crippen molar-refractivity contribution in [3.05, 3.63) is 42.2 Å². The fraction of sp³-hybridized carbons (Fsp3) is 0.308. The number of benzene rings is 1. The number of hydrogen-bond donors (Lipinski definition) is 3. The van der Waals surface area contributed by atoms with Crippen molar-refractivity contribution in [2.24, 2.45) is 7.05 Å². The molecule has 0 fully saturated rings. The van der Waals surface area contributed by atoms with Crippen LogP contribution in [0.4, 0.5) is 5.82 Å². The number of imidazole rings is 1. The van der Waals surface area contributed by atoms with E-state index in [1.165, 1.54) is 10.9 Å². The van der Waals surface area contributed by atoms with Crippen LogP contribution in [0, 0.1) is 0 Å². The van der Waals surface area contributed by atoms with Crippen LogP contribution in [-0.2, 0) is 23.5 Å². The summed E-state index contributed by atoms with van der Waals surface area (Å²) in [4.78, 5) is 3.76. The van der Waals surface area contributed by atoms with E-state index in [0.29, 0.717) is 6.42 Å². The number of rotatable bonds is 6. The first-order chi connectivity index (χ1) is 9.94. The Morgan fingerprint density at radius 2 is 2.05 bits per heavy atom. The maximum Gasteiger partial charge on any atom is 0.260 e. The number of aromatic nitrogens is 2. The molecule has 0 saturated carbocycles. The summed E-state index contributed by atoms with van der Waals surface area (Å²) < 4.78 is 28.4. The number of aliphatic hydroxyl groups is 1. The van der Waals surface area contributed by atoms with E-state index in [1.807, 2.05) is 30.3 Å². The van der Waals surface area contributed by atoms with E-state index < -0.39 is 16.1 Å². The summed E-state index contributed by atoms with van der Waals surface area (Å²) in [6.07, 6.45) is 1.71. The van der Waals surface area contributed by atoms with Gasteiger partial charge in [0.2, 0.25) is 0 Å². The molecule has 21 heavy (non-hydrogen) atoms. The maximum absolute atomic E-state index is 12.3. The van der Waals surface area contributed by atoms with Gasteiger partial charge in [0.1, 0.15) is 0 Å². The highest BCUT2D eigenvalue weighted by Gasteiger charge is 2.25. The standard InChI is InChI=1S/C13H18N4O3S/c1-17-9-15-12(14)13(17)21(19,20)16-11(8-18)7-10-5-3-2-4-6-10/h2-6,9,11,16,18H,7-8,14H2,1H3. The van der Waals surface area contributed by atoms with Gasteiger partial charge in [-0.2, -0.15) is 0 Å². The molecule has 1 unspecified atom stereocenters. The molecule has 0 amide bonds. The summed E-state index contributed by atoms with van der Waals surface area (Å²) in [5.41, 5.74) is 6.51. The van der Waals surface area contributed by atoms with Crippen LogP contribution in [0.25, 0.3) is 0 Å². The fourth-order valence-electron chi connectivity index (χ4n) is 2.08. The molecule has 0 spiro atoms. The van der Waals surface area contributed by atoms with Gasteiger partial charge in [-0.15, -0.1) is 0 Å². The van der Waals surface area contributed by atoms with E-state index in [1.54, 1.807) is 7.05 Å². The highest BCUT2D eigenvalue weighted by Crippen LogP contribution is 2.16. The third kappa shape index (κ3) is 3.60. The topological polar surface area (TPSA) is 110 Å². The number of nitrogens with two attached hydrogens (primary N) is 1. The van der Waals surface area contributed by atoms with Gasteiger partial charge >= 0.3 is 0 Å². The highest BCUT2D eigenvalue weighted by atomic mass is 32.2. The molecule has 2 aromatic rings. The number of sulfonamides is 1. The molecule has 8 heteroatoms. The zero-order valence-electron chi connectivity index (χ0n) is 11.6. The van der Waals surface area contributed by atoms with Crippen molar-refractivity contribution in [2.45, 2.75) is 17.5 Å². The van der Waals surface area contributed by atoms with Crippen LogP contribution in [-0.4, -0.2) is 35.7 Å². The molecule has 0 aliphatic rings. The molecule has 0 aliphatic heterocycles. The number of nitrogen functional groups attached to an aromatic ring is 1. The quantitative estimate of drug-likeness (QED) is 0.689. The van der Waals surface area contributed by atoms with Crippen LogP contribution >= 0.6 is 0 Å². The average Bonchev–Trinajstić information content (AvgIpc) is 2.79. The van der Waals surface area contributed by atoms with Crippen molar-refractivity contribution in [1.29, 1.82) is 0 Å². The Labute approximate surface area is 123 Å².